The minimum Gasteiger partial charge on any atom is -0.463 e. The molecule has 2 saturated heterocycles. The van der Waals surface area contributed by atoms with Crippen molar-refractivity contribution in [1.29, 1.82) is 0 Å². The molecule has 0 bridgehead atoms. The highest BCUT2D eigenvalue weighted by Gasteiger charge is 2.52. The van der Waals surface area contributed by atoms with E-state index in [2.05, 4.69) is 0 Å². The molecule has 2 aliphatic heterocycles. The van der Waals surface area contributed by atoms with Crippen LogP contribution in [0.5, 0.6) is 0 Å². The molecule has 0 saturated carbocycles. The molecule has 3 aromatic rings. The SMILES string of the molecule is CC(=O)OC[C@H]1O[C@@H](OC(C)=O)[C@@H](OC(C)=O)C1OC(C)=O.CC(C)C(=O)c1ccccc1.CC[C@H]1O[C@@H](OC(C)=O)[C@@H](OC(=O)c2ccccc2)C1OC(=O)c1ccccc1. The van der Waals surface area contributed by atoms with Crippen molar-refractivity contribution in [3.05, 3.63) is 108 Å². The molecule has 0 aromatic heterocycles. The van der Waals surface area contributed by atoms with Gasteiger partial charge in [0.1, 0.15) is 18.8 Å². The van der Waals surface area contributed by atoms with E-state index < -0.39 is 91.0 Å². The lowest BCUT2D eigenvalue weighted by molar-refractivity contribution is -0.197. The summed E-state index contributed by atoms with van der Waals surface area (Å²) in [5.41, 5.74) is 1.48. The second-order valence-corrected chi connectivity index (χ2v) is 14.0. The smallest absolute Gasteiger partial charge is 0.338 e. The number of benzene rings is 3. The summed E-state index contributed by atoms with van der Waals surface area (Å²) >= 11 is 0. The first-order chi connectivity index (χ1) is 29.4. The maximum atomic E-state index is 12.6. The first-order valence-electron chi connectivity index (χ1n) is 19.7. The summed E-state index contributed by atoms with van der Waals surface area (Å²) in [5.74, 6) is -4.06. The van der Waals surface area contributed by atoms with Gasteiger partial charge < -0.3 is 42.6 Å². The molecule has 0 radical (unpaired) electrons. The van der Waals surface area contributed by atoms with E-state index in [1.807, 2.05) is 51.1 Å². The van der Waals surface area contributed by atoms with Gasteiger partial charge in [0.05, 0.1) is 11.1 Å². The minimum atomic E-state index is -1.26. The van der Waals surface area contributed by atoms with Gasteiger partial charge in [-0.25, -0.2) is 9.59 Å². The molecule has 17 heteroatoms. The molecule has 0 amide bonds. The highest BCUT2D eigenvalue weighted by Crippen LogP contribution is 2.31. The van der Waals surface area contributed by atoms with Crippen molar-refractivity contribution in [2.45, 2.75) is 111 Å². The Morgan fingerprint density at radius 1 is 0.468 bits per heavy atom. The van der Waals surface area contributed by atoms with Crippen molar-refractivity contribution >= 4 is 47.6 Å². The molecule has 0 N–H and O–H groups in total. The average molecular weight is 865 g/mol. The van der Waals surface area contributed by atoms with E-state index in [4.69, 9.17) is 42.6 Å². The van der Waals surface area contributed by atoms with E-state index in [-0.39, 0.29) is 18.3 Å². The van der Waals surface area contributed by atoms with Gasteiger partial charge in [-0.3, -0.25) is 28.8 Å². The zero-order valence-electron chi connectivity index (χ0n) is 35.7. The molecule has 2 unspecified atom stereocenters. The number of hydrogen-bond donors (Lipinski definition) is 0. The van der Waals surface area contributed by atoms with Gasteiger partial charge in [-0.2, -0.15) is 0 Å². The third kappa shape index (κ3) is 15.9. The Morgan fingerprint density at radius 2 is 0.823 bits per heavy atom. The van der Waals surface area contributed by atoms with E-state index in [0.717, 1.165) is 26.3 Å². The van der Waals surface area contributed by atoms with Crippen LogP contribution in [0.1, 0.15) is 92.9 Å². The topological polar surface area (TPSA) is 220 Å². The molecule has 2 aliphatic rings. The van der Waals surface area contributed by atoms with E-state index in [0.29, 0.717) is 17.5 Å². The van der Waals surface area contributed by atoms with Crippen LogP contribution in [0.3, 0.4) is 0 Å². The van der Waals surface area contributed by atoms with E-state index in [1.54, 1.807) is 60.7 Å². The van der Waals surface area contributed by atoms with Gasteiger partial charge in [-0.05, 0) is 30.7 Å². The summed E-state index contributed by atoms with van der Waals surface area (Å²) in [6.45, 7) is 11.3. The van der Waals surface area contributed by atoms with Crippen LogP contribution in [-0.2, 0) is 66.6 Å². The predicted molar refractivity (Wildman–Crippen MR) is 216 cm³/mol. The van der Waals surface area contributed by atoms with Crippen LogP contribution in [0.4, 0.5) is 0 Å². The summed E-state index contributed by atoms with van der Waals surface area (Å²) in [6.07, 6.45) is -7.72. The molecule has 0 spiro atoms. The number of carbonyl (C=O) groups excluding carboxylic acids is 8. The highest BCUT2D eigenvalue weighted by atomic mass is 16.8. The van der Waals surface area contributed by atoms with Crippen molar-refractivity contribution < 1.29 is 81.0 Å². The normalized spacial score (nSPS) is 22.2. The van der Waals surface area contributed by atoms with Gasteiger partial charge in [-0.1, -0.05) is 87.5 Å². The third-order valence-electron chi connectivity index (χ3n) is 8.64. The van der Waals surface area contributed by atoms with Crippen molar-refractivity contribution in [3.8, 4) is 0 Å². The van der Waals surface area contributed by atoms with Gasteiger partial charge >= 0.3 is 41.8 Å². The van der Waals surface area contributed by atoms with Crippen LogP contribution in [-0.4, -0.2) is 103 Å². The van der Waals surface area contributed by atoms with Gasteiger partial charge in [0.15, 0.2) is 18.0 Å². The monoisotopic (exact) mass is 864 g/mol. The van der Waals surface area contributed by atoms with E-state index in [9.17, 15) is 38.4 Å². The number of hydrogen-bond acceptors (Lipinski definition) is 17. The molecular weight excluding hydrogens is 812 g/mol. The Kier molecular flexibility index (Phi) is 19.9. The molecule has 8 atom stereocenters. The molecule has 17 nitrogen and oxygen atoms in total. The van der Waals surface area contributed by atoms with Crippen LogP contribution in [0.25, 0.3) is 0 Å². The maximum Gasteiger partial charge on any atom is 0.338 e. The molecular formula is C45H52O17. The average Bonchev–Trinajstić information content (AvgIpc) is 3.71. The number of carbonyl (C=O) groups is 8. The lowest BCUT2D eigenvalue weighted by Crippen LogP contribution is -2.42. The second-order valence-electron chi connectivity index (χ2n) is 14.0. The first kappa shape index (κ1) is 49.9. The standard InChI is InChI=1S/C22H22O7.C13H18O9.C10H12O/c1-3-17-18(28-20(24)15-10-6-4-7-11-15)19(22(27-17)26-14(2)23)29-21(25)16-12-8-5-9-13-16;1-6(14)18-5-10-11(19-7(2)15)12(20-8(3)16)13(22-10)21-9(4)17;1-8(2)10(11)9-6-4-3-5-7-9/h4-13,17-19,22H,3H2,1-2H3;10-13H,5H2,1-4H3;3-8H,1-2H3/t17-,18?,19+,22-;10-,11?,12+,13-;/m11./s1. The lowest BCUT2D eigenvalue weighted by Gasteiger charge is -2.23. The van der Waals surface area contributed by atoms with Gasteiger partial charge in [0.2, 0.25) is 24.8 Å². The Hall–Kier alpha value is -6.46. The quantitative estimate of drug-likeness (QED) is 0.120. The summed E-state index contributed by atoms with van der Waals surface area (Å²) in [5, 5.41) is 0. The summed E-state index contributed by atoms with van der Waals surface area (Å²) < 4.78 is 47.3. The lowest BCUT2D eigenvalue weighted by atomic mass is 10.0. The number of rotatable bonds is 13. The maximum absolute atomic E-state index is 12.6. The molecule has 3 aromatic carbocycles. The van der Waals surface area contributed by atoms with Crippen molar-refractivity contribution in [3.63, 3.8) is 0 Å². The summed E-state index contributed by atoms with van der Waals surface area (Å²) in [7, 11) is 0. The molecule has 5 rings (SSSR count). The van der Waals surface area contributed by atoms with Crippen molar-refractivity contribution in [1.82, 2.24) is 0 Å². The minimum absolute atomic E-state index is 0.0948. The Morgan fingerprint density at radius 3 is 1.21 bits per heavy atom. The Balaban J connectivity index is 0.000000273. The zero-order valence-corrected chi connectivity index (χ0v) is 35.7. The largest absolute Gasteiger partial charge is 0.463 e. The van der Waals surface area contributed by atoms with E-state index >= 15 is 0 Å². The predicted octanol–water partition coefficient (Wildman–Crippen LogP) is 5.36. The van der Waals surface area contributed by atoms with Crippen LogP contribution >= 0.6 is 0 Å². The fourth-order valence-electron chi connectivity index (χ4n) is 5.95. The Bertz CT molecular complexity index is 1970. The zero-order chi connectivity index (χ0) is 45.9. The highest BCUT2D eigenvalue weighted by molar-refractivity contribution is 5.97. The number of esters is 7. The molecule has 2 fully saturated rings. The number of ketones is 1. The fourth-order valence-corrected chi connectivity index (χ4v) is 5.95. The third-order valence-corrected chi connectivity index (χ3v) is 8.64. The van der Waals surface area contributed by atoms with E-state index in [1.165, 1.54) is 13.8 Å². The summed E-state index contributed by atoms with van der Waals surface area (Å²) in [4.78, 5) is 92.4. The van der Waals surface area contributed by atoms with Gasteiger partial charge in [0.25, 0.3) is 0 Å². The van der Waals surface area contributed by atoms with Gasteiger partial charge in [-0.15, -0.1) is 0 Å². The Labute approximate surface area is 359 Å². The number of ether oxygens (including phenoxy) is 9. The first-order valence-corrected chi connectivity index (χ1v) is 19.7. The van der Waals surface area contributed by atoms with Crippen LogP contribution in [0, 0.1) is 5.92 Å². The molecule has 334 valence electrons. The van der Waals surface area contributed by atoms with Gasteiger partial charge in [0, 0.05) is 46.1 Å². The van der Waals surface area contributed by atoms with Crippen molar-refractivity contribution in [2.75, 3.05) is 6.61 Å². The van der Waals surface area contributed by atoms with Crippen LogP contribution in [0.15, 0.2) is 91.0 Å². The number of Topliss-reactive ketones (excluding diaryl/α,β-unsaturated/α-hetero) is 1. The molecule has 2 heterocycles. The fraction of sp³-hybridized carbons (Fsp3) is 0.422. The van der Waals surface area contributed by atoms with Crippen LogP contribution < -0.4 is 0 Å². The summed E-state index contributed by atoms with van der Waals surface area (Å²) in [6, 6.07) is 26.2. The van der Waals surface area contributed by atoms with Crippen LogP contribution in [0.2, 0.25) is 0 Å². The molecule has 0 aliphatic carbocycles. The second kappa shape index (κ2) is 24.7. The van der Waals surface area contributed by atoms with Crippen molar-refractivity contribution in [2.24, 2.45) is 5.92 Å². The molecule has 62 heavy (non-hydrogen) atoms.